The second kappa shape index (κ2) is 4.93. The van der Waals surface area contributed by atoms with Crippen molar-refractivity contribution in [2.24, 2.45) is 5.92 Å². The summed E-state index contributed by atoms with van der Waals surface area (Å²) in [7, 11) is -3.78. The highest BCUT2D eigenvalue weighted by atomic mass is 32.2. The van der Waals surface area contributed by atoms with Gasteiger partial charge in [-0.2, -0.15) is 8.42 Å². The summed E-state index contributed by atoms with van der Waals surface area (Å²) in [4.78, 5) is 0. The molecular weight excluding hydrogens is 192 g/mol. The van der Waals surface area contributed by atoms with E-state index < -0.39 is 10.1 Å². The molecule has 78 valence electrons. The molecule has 0 aromatic heterocycles. The van der Waals surface area contributed by atoms with Crippen LogP contribution in [0.3, 0.4) is 0 Å². The minimum atomic E-state index is -3.78. The van der Waals surface area contributed by atoms with Crippen molar-refractivity contribution in [3.05, 3.63) is 0 Å². The van der Waals surface area contributed by atoms with Crippen molar-refractivity contribution in [3.63, 3.8) is 0 Å². The Kier molecular flexibility index (Phi) is 4.15. The third-order valence-corrected chi connectivity index (χ3v) is 3.11. The lowest BCUT2D eigenvalue weighted by molar-refractivity contribution is 0.141. The Hall–Kier alpha value is -0.130. The number of hydrogen-bond acceptors (Lipinski definition) is 3. The van der Waals surface area contributed by atoms with Crippen LogP contribution >= 0.6 is 0 Å². The molecule has 0 saturated carbocycles. The molecule has 1 heterocycles. The molecule has 0 bridgehead atoms. The fourth-order valence-corrected chi connectivity index (χ4v) is 2.21. The van der Waals surface area contributed by atoms with Crippen LogP contribution in [0.5, 0.6) is 0 Å². The van der Waals surface area contributed by atoms with Crippen molar-refractivity contribution in [2.75, 3.05) is 19.0 Å². The largest absolute Gasteiger partial charge is 0.381 e. The van der Waals surface area contributed by atoms with Gasteiger partial charge in [0.05, 0.1) is 5.75 Å². The van der Waals surface area contributed by atoms with Crippen LogP contribution in [0.15, 0.2) is 0 Å². The lowest BCUT2D eigenvalue weighted by Gasteiger charge is -2.10. The zero-order valence-corrected chi connectivity index (χ0v) is 8.42. The SMILES string of the molecule is O=S(=O)(O)CCC1CCCOCC1. The second-order valence-electron chi connectivity index (χ2n) is 3.48. The average molecular weight is 208 g/mol. The minimum absolute atomic E-state index is 0.113. The van der Waals surface area contributed by atoms with E-state index in [1.54, 1.807) is 0 Å². The van der Waals surface area contributed by atoms with Crippen LogP contribution in [0, 0.1) is 5.92 Å². The van der Waals surface area contributed by atoms with Crippen molar-refractivity contribution in [1.82, 2.24) is 0 Å². The van der Waals surface area contributed by atoms with Crippen LogP contribution in [0.1, 0.15) is 25.7 Å². The normalized spacial score (nSPS) is 25.5. The maximum absolute atomic E-state index is 10.5. The van der Waals surface area contributed by atoms with E-state index in [4.69, 9.17) is 9.29 Å². The van der Waals surface area contributed by atoms with E-state index in [0.717, 1.165) is 32.5 Å². The van der Waals surface area contributed by atoms with Gasteiger partial charge in [-0.25, -0.2) is 0 Å². The molecule has 0 aromatic rings. The Balaban J connectivity index is 2.27. The van der Waals surface area contributed by atoms with E-state index in [1.807, 2.05) is 0 Å². The van der Waals surface area contributed by atoms with Gasteiger partial charge in [0.25, 0.3) is 10.1 Å². The van der Waals surface area contributed by atoms with Crippen molar-refractivity contribution >= 4 is 10.1 Å². The summed E-state index contributed by atoms with van der Waals surface area (Å²) in [6.07, 6.45) is 3.48. The zero-order valence-electron chi connectivity index (χ0n) is 7.61. The molecule has 1 rings (SSSR count). The highest BCUT2D eigenvalue weighted by Crippen LogP contribution is 2.19. The summed E-state index contributed by atoms with van der Waals surface area (Å²) in [5.41, 5.74) is 0. The summed E-state index contributed by atoms with van der Waals surface area (Å²) >= 11 is 0. The average Bonchev–Trinajstić information content (AvgIpc) is 2.26. The van der Waals surface area contributed by atoms with Crippen LogP contribution in [0.4, 0.5) is 0 Å². The number of ether oxygens (including phenoxy) is 1. The molecule has 0 radical (unpaired) electrons. The summed E-state index contributed by atoms with van der Waals surface area (Å²) in [5.74, 6) is 0.280. The molecular formula is C8H16O4S. The van der Waals surface area contributed by atoms with Gasteiger partial charge in [0.15, 0.2) is 0 Å². The summed E-state index contributed by atoms with van der Waals surface area (Å²) < 4.78 is 34.8. The lowest BCUT2D eigenvalue weighted by atomic mass is 9.98. The van der Waals surface area contributed by atoms with Crippen LogP contribution in [0.2, 0.25) is 0 Å². The van der Waals surface area contributed by atoms with Gasteiger partial charge < -0.3 is 4.74 Å². The molecule has 5 heteroatoms. The van der Waals surface area contributed by atoms with Gasteiger partial charge in [-0.05, 0) is 31.6 Å². The Morgan fingerprint density at radius 2 is 2.08 bits per heavy atom. The molecule has 0 amide bonds. The number of hydrogen-bond donors (Lipinski definition) is 1. The topological polar surface area (TPSA) is 63.6 Å². The summed E-state index contributed by atoms with van der Waals surface area (Å²) in [5, 5.41) is 0. The molecule has 1 fully saturated rings. The number of rotatable bonds is 3. The van der Waals surface area contributed by atoms with Crippen LogP contribution < -0.4 is 0 Å². The Morgan fingerprint density at radius 1 is 1.31 bits per heavy atom. The molecule has 4 nitrogen and oxygen atoms in total. The van der Waals surface area contributed by atoms with E-state index in [9.17, 15) is 8.42 Å². The molecule has 0 aliphatic carbocycles. The minimum Gasteiger partial charge on any atom is -0.381 e. The maximum Gasteiger partial charge on any atom is 0.264 e. The molecule has 1 unspecified atom stereocenters. The van der Waals surface area contributed by atoms with E-state index in [2.05, 4.69) is 0 Å². The van der Waals surface area contributed by atoms with Crippen LogP contribution in [-0.4, -0.2) is 31.9 Å². The van der Waals surface area contributed by atoms with Gasteiger partial charge in [0, 0.05) is 13.2 Å². The van der Waals surface area contributed by atoms with Crippen molar-refractivity contribution in [2.45, 2.75) is 25.7 Å². The predicted molar refractivity (Wildman–Crippen MR) is 49.2 cm³/mol. The van der Waals surface area contributed by atoms with Gasteiger partial charge in [-0.3, -0.25) is 4.55 Å². The van der Waals surface area contributed by atoms with Crippen LogP contribution in [-0.2, 0) is 14.9 Å². The summed E-state index contributed by atoms with van der Waals surface area (Å²) in [6, 6.07) is 0. The first-order chi connectivity index (χ1) is 6.08. The smallest absolute Gasteiger partial charge is 0.264 e. The van der Waals surface area contributed by atoms with Gasteiger partial charge in [0.2, 0.25) is 0 Å². The van der Waals surface area contributed by atoms with Gasteiger partial charge in [0.1, 0.15) is 0 Å². The Labute approximate surface area is 79.0 Å². The highest BCUT2D eigenvalue weighted by molar-refractivity contribution is 7.85. The first-order valence-electron chi connectivity index (χ1n) is 4.61. The van der Waals surface area contributed by atoms with E-state index in [-0.39, 0.29) is 5.75 Å². The fraction of sp³-hybridized carbons (Fsp3) is 1.00. The van der Waals surface area contributed by atoms with Crippen molar-refractivity contribution < 1.29 is 17.7 Å². The predicted octanol–water partition coefficient (Wildman–Crippen LogP) is 1.08. The molecule has 1 atom stereocenters. The molecule has 1 N–H and O–H groups in total. The third-order valence-electron chi connectivity index (χ3n) is 2.36. The first-order valence-corrected chi connectivity index (χ1v) is 6.22. The van der Waals surface area contributed by atoms with E-state index in [1.165, 1.54) is 0 Å². The Morgan fingerprint density at radius 3 is 2.77 bits per heavy atom. The fourth-order valence-electron chi connectivity index (χ4n) is 1.57. The molecule has 1 aliphatic heterocycles. The molecule has 0 spiro atoms. The van der Waals surface area contributed by atoms with Crippen LogP contribution in [0.25, 0.3) is 0 Å². The summed E-state index contributed by atoms with van der Waals surface area (Å²) in [6.45, 7) is 1.50. The van der Waals surface area contributed by atoms with E-state index >= 15 is 0 Å². The van der Waals surface area contributed by atoms with Crippen molar-refractivity contribution in [1.29, 1.82) is 0 Å². The third kappa shape index (κ3) is 5.23. The van der Waals surface area contributed by atoms with E-state index in [0.29, 0.717) is 12.3 Å². The lowest BCUT2D eigenvalue weighted by Crippen LogP contribution is -2.10. The van der Waals surface area contributed by atoms with Crippen molar-refractivity contribution in [3.8, 4) is 0 Å². The Bertz CT molecular complexity index is 227. The molecule has 13 heavy (non-hydrogen) atoms. The standard InChI is InChI=1S/C8H16O4S/c9-13(10,11)7-4-8-2-1-5-12-6-3-8/h8H,1-7H2,(H,9,10,11). The second-order valence-corrected chi connectivity index (χ2v) is 5.06. The first kappa shape index (κ1) is 10.9. The van der Waals surface area contributed by atoms with Gasteiger partial charge >= 0.3 is 0 Å². The molecule has 1 saturated heterocycles. The quantitative estimate of drug-likeness (QED) is 0.705. The monoisotopic (exact) mass is 208 g/mol. The molecule has 1 aliphatic rings. The molecule has 0 aromatic carbocycles. The van der Waals surface area contributed by atoms with Gasteiger partial charge in [-0.15, -0.1) is 0 Å². The highest BCUT2D eigenvalue weighted by Gasteiger charge is 2.15. The maximum atomic E-state index is 10.5. The zero-order chi connectivity index (χ0) is 9.73. The van der Waals surface area contributed by atoms with Gasteiger partial charge in [-0.1, -0.05) is 0 Å².